The van der Waals surface area contributed by atoms with Crippen LogP contribution < -0.4 is 0 Å². The van der Waals surface area contributed by atoms with Crippen molar-refractivity contribution in [1.82, 2.24) is 0 Å². The van der Waals surface area contributed by atoms with Crippen molar-refractivity contribution in [2.24, 2.45) is 0 Å². The molecular formula is C23H18O2S. The molecule has 3 aromatic rings. The minimum Gasteiger partial charge on any atom is -0.219 e. The molecule has 0 unspecified atom stereocenters. The zero-order valence-corrected chi connectivity index (χ0v) is 15.2. The Labute approximate surface area is 154 Å². The lowest BCUT2D eigenvalue weighted by atomic mass is 10.1. The third-order valence-electron chi connectivity index (χ3n) is 3.82. The first-order valence-electron chi connectivity index (χ1n) is 8.20. The van der Waals surface area contributed by atoms with Gasteiger partial charge in [-0.05, 0) is 36.8 Å². The van der Waals surface area contributed by atoms with E-state index in [2.05, 4.69) is 11.8 Å². The summed E-state index contributed by atoms with van der Waals surface area (Å²) in [7, 11) is -3.59. The van der Waals surface area contributed by atoms with Crippen molar-refractivity contribution in [3.8, 4) is 11.8 Å². The first-order chi connectivity index (χ1) is 12.5. The molecule has 0 heterocycles. The van der Waals surface area contributed by atoms with Crippen LogP contribution in [0.4, 0.5) is 0 Å². The molecule has 0 saturated heterocycles. The standard InChI is InChI=1S/C23H18O2S/c1-19-12-16-23(17-13-19)26(24,25)18-22(21-10-6-3-7-11-21)15-14-20-8-4-2-5-9-20/h2-13,16-18H,1H3/b22-18-. The van der Waals surface area contributed by atoms with Crippen LogP contribution in [-0.2, 0) is 9.84 Å². The van der Waals surface area contributed by atoms with Crippen LogP contribution in [0.3, 0.4) is 0 Å². The highest BCUT2D eigenvalue weighted by Gasteiger charge is 2.13. The van der Waals surface area contributed by atoms with Gasteiger partial charge >= 0.3 is 0 Å². The first-order valence-corrected chi connectivity index (χ1v) is 9.75. The van der Waals surface area contributed by atoms with Crippen LogP contribution in [0.5, 0.6) is 0 Å². The molecule has 0 atom stereocenters. The lowest BCUT2D eigenvalue weighted by Crippen LogP contribution is -1.98. The van der Waals surface area contributed by atoms with Gasteiger partial charge in [-0.3, -0.25) is 0 Å². The molecule has 0 saturated carbocycles. The fraction of sp³-hybridized carbons (Fsp3) is 0.0435. The molecule has 3 aromatic carbocycles. The Balaban J connectivity index is 2.07. The predicted molar refractivity (Wildman–Crippen MR) is 106 cm³/mol. The van der Waals surface area contributed by atoms with Crippen LogP contribution in [0.25, 0.3) is 5.57 Å². The zero-order chi connectivity index (χ0) is 18.4. The molecular weight excluding hydrogens is 340 g/mol. The van der Waals surface area contributed by atoms with Gasteiger partial charge in [-0.2, -0.15) is 0 Å². The number of allylic oxidation sites excluding steroid dienone is 1. The molecule has 128 valence electrons. The predicted octanol–water partition coefficient (Wildman–Crippen LogP) is 4.86. The van der Waals surface area contributed by atoms with Crippen LogP contribution in [0, 0.1) is 18.8 Å². The maximum atomic E-state index is 12.8. The van der Waals surface area contributed by atoms with Crippen molar-refractivity contribution in [1.29, 1.82) is 0 Å². The van der Waals surface area contributed by atoms with Gasteiger partial charge in [0, 0.05) is 11.1 Å². The maximum absolute atomic E-state index is 12.8. The normalized spacial score (nSPS) is 11.5. The third kappa shape index (κ3) is 4.50. The van der Waals surface area contributed by atoms with Gasteiger partial charge < -0.3 is 0 Å². The number of rotatable bonds is 3. The summed E-state index contributed by atoms with van der Waals surface area (Å²) in [5, 5.41) is 1.25. The second-order valence-electron chi connectivity index (χ2n) is 5.87. The number of aryl methyl sites for hydroxylation is 1. The molecule has 0 aliphatic rings. The number of benzene rings is 3. The molecule has 0 bridgehead atoms. The Morgan fingerprint density at radius 1 is 0.808 bits per heavy atom. The second kappa shape index (κ2) is 7.86. The monoisotopic (exact) mass is 358 g/mol. The van der Waals surface area contributed by atoms with Gasteiger partial charge in [-0.1, -0.05) is 78.1 Å². The molecule has 0 radical (unpaired) electrons. The Morgan fingerprint density at radius 3 is 2.00 bits per heavy atom. The number of hydrogen-bond donors (Lipinski definition) is 0. The quantitative estimate of drug-likeness (QED) is 0.627. The highest BCUT2D eigenvalue weighted by Crippen LogP contribution is 2.20. The van der Waals surface area contributed by atoms with Gasteiger partial charge in [0.1, 0.15) is 0 Å². The van der Waals surface area contributed by atoms with Gasteiger partial charge in [0.2, 0.25) is 9.84 Å². The van der Waals surface area contributed by atoms with E-state index in [1.54, 1.807) is 24.3 Å². The molecule has 0 aliphatic heterocycles. The summed E-state index contributed by atoms with van der Waals surface area (Å²) in [5.74, 6) is 6.07. The minimum atomic E-state index is -3.59. The Kier molecular flexibility index (Phi) is 5.36. The van der Waals surface area contributed by atoms with E-state index in [9.17, 15) is 8.42 Å². The molecule has 0 spiro atoms. The summed E-state index contributed by atoms with van der Waals surface area (Å²) in [6.45, 7) is 1.92. The maximum Gasteiger partial charge on any atom is 0.201 e. The summed E-state index contributed by atoms with van der Waals surface area (Å²) in [6.07, 6.45) is 0. The highest BCUT2D eigenvalue weighted by atomic mass is 32.2. The van der Waals surface area contributed by atoms with E-state index in [4.69, 9.17) is 0 Å². The van der Waals surface area contributed by atoms with E-state index in [1.807, 2.05) is 67.6 Å². The fourth-order valence-electron chi connectivity index (χ4n) is 2.40. The lowest BCUT2D eigenvalue weighted by Gasteiger charge is -2.03. The van der Waals surface area contributed by atoms with Crippen molar-refractivity contribution >= 4 is 15.4 Å². The van der Waals surface area contributed by atoms with Crippen molar-refractivity contribution in [2.75, 3.05) is 0 Å². The van der Waals surface area contributed by atoms with Gasteiger partial charge in [0.25, 0.3) is 0 Å². The van der Waals surface area contributed by atoms with E-state index >= 15 is 0 Å². The highest BCUT2D eigenvalue weighted by molar-refractivity contribution is 7.94. The summed E-state index contributed by atoms with van der Waals surface area (Å²) in [6, 6.07) is 25.7. The molecule has 26 heavy (non-hydrogen) atoms. The summed E-state index contributed by atoms with van der Waals surface area (Å²) < 4.78 is 25.6. The van der Waals surface area contributed by atoms with Crippen molar-refractivity contribution < 1.29 is 8.42 Å². The summed E-state index contributed by atoms with van der Waals surface area (Å²) >= 11 is 0. The molecule has 0 amide bonds. The minimum absolute atomic E-state index is 0.262. The Hall–Kier alpha value is -3.09. The zero-order valence-electron chi connectivity index (χ0n) is 14.4. The van der Waals surface area contributed by atoms with E-state index in [0.29, 0.717) is 5.57 Å². The molecule has 0 aromatic heterocycles. The Morgan fingerprint density at radius 2 is 1.38 bits per heavy atom. The van der Waals surface area contributed by atoms with E-state index in [-0.39, 0.29) is 4.90 Å². The van der Waals surface area contributed by atoms with Gasteiger partial charge in [0.15, 0.2) is 0 Å². The molecule has 0 fully saturated rings. The van der Waals surface area contributed by atoms with E-state index in [0.717, 1.165) is 16.7 Å². The van der Waals surface area contributed by atoms with Crippen LogP contribution >= 0.6 is 0 Å². The van der Waals surface area contributed by atoms with Crippen molar-refractivity contribution in [2.45, 2.75) is 11.8 Å². The molecule has 0 aliphatic carbocycles. The van der Waals surface area contributed by atoms with Crippen molar-refractivity contribution in [3.63, 3.8) is 0 Å². The number of hydrogen-bond acceptors (Lipinski definition) is 2. The smallest absolute Gasteiger partial charge is 0.201 e. The average molecular weight is 358 g/mol. The third-order valence-corrected chi connectivity index (χ3v) is 5.30. The van der Waals surface area contributed by atoms with Gasteiger partial charge in [-0.15, -0.1) is 0 Å². The van der Waals surface area contributed by atoms with Gasteiger partial charge in [-0.25, -0.2) is 8.42 Å². The van der Waals surface area contributed by atoms with E-state index in [1.165, 1.54) is 5.41 Å². The molecule has 3 heteroatoms. The molecule has 2 nitrogen and oxygen atoms in total. The van der Waals surface area contributed by atoms with Crippen LogP contribution in [0.15, 0.2) is 95.2 Å². The Bertz CT molecular complexity index is 1070. The molecule has 0 N–H and O–H groups in total. The van der Waals surface area contributed by atoms with Crippen molar-refractivity contribution in [3.05, 3.63) is 107 Å². The summed E-state index contributed by atoms with van der Waals surface area (Å²) in [5.41, 5.74) is 3.09. The van der Waals surface area contributed by atoms with Gasteiger partial charge in [0.05, 0.1) is 10.3 Å². The SMILES string of the molecule is Cc1ccc(S(=O)(=O)/C=C(/C#Cc2ccccc2)c2ccccc2)cc1. The molecule has 3 rings (SSSR count). The van der Waals surface area contributed by atoms with E-state index < -0.39 is 9.84 Å². The van der Waals surface area contributed by atoms with Crippen LogP contribution in [0.1, 0.15) is 16.7 Å². The second-order valence-corrected chi connectivity index (χ2v) is 7.67. The topological polar surface area (TPSA) is 34.1 Å². The summed E-state index contributed by atoms with van der Waals surface area (Å²) in [4.78, 5) is 0.262. The van der Waals surface area contributed by atoms with Crippen LogP contribution in [-0.4, -0.2) is 8.42 Å². The fourth-order valence-corrected chi connectivity index (χ4v) is 3.56. The number of sulfone groups is 1. The lowest BCUT2D eigenvalue weighted by molar-refractivity contribution is 0.604. The largest absolute Gasteiger partial charge is 0.219 e. The average Bonchev–Trinajstić information content (AvgIpc) is 2.67. The first kappa shape index (κ1) is 17.7. The van der Waals surface area contributed by atoms with Crippen LogP contribution in [0.2, 0.25) is 0 Å².